The van der Waals surface area contributed by atoms with E-state index in [0.29, 0.717) is 6.42 Å². The highest BCUT2D eigenvalue weighted by Gasteiger charge is 2.00. The fourth-order valence-electron chi connectivity index (χ4n) is 1.16. The highest BCUT2D eigenvalue weighted by molar-refractivity contribution is 9.10. The topological polar surface area (TPSA) is 45.0 Å². The Morgan fingerprint density at radius 2 is 2.33 bits per heavy atom. The first kappa shape index (κ1) is 11.9. The van der Waals surface area contributed by atoms with E-state index in [1.54, 1.807) is 7.11 Å². The van der Waals surface area contributed by atoms with Gasteiger partial charge in [-0.1, -0.05) is 0 Å². The van der Waals surface area contributed by atoms with Gasteiger partial charge in [0.2, 0.25) is 0 Å². The van der Waals surface area contributed by atoms with Gasteiger partial charge in [0.15, 0.2) is 0 Å². The van der Waals surface area contributed by atoms with Gasteiger partial charge in [-0.05, 0) is 34.5 Å². The maximum Gasteiger partial charge on any atom is 0.121 e. The smallest absolute Gasteiger partial charge is 0.121 e. The van der Waals surface area contributed by atoms with Crippen LogP contribution in [0, 0.1) is 11.3 Å². The molecule has 15 heavy (non-hydrogen) atoms. The van der Waals surface area contributed by atoms with Gasteiger partial charge in [0, 0.05) is 23.5 Å². The minimum atomic E-state index is 0.578. The Bertz CT molecular complexity index is 360. The van der Waals surface area contributed by atoms with Crippen molar-refractivity contribution in [3.63, 3.8) is 0 Å². The molecule has 80 valence electrons. The standard InChI is InChI=1S/C11H13BrN2O/c1-15-9-4-5-10(12)11(8-9)14-7-3-2-6-13/h4-5,8,14H,2-3,7H2,1H3. The van der Waals surface area contributed by atoms with Gasteiger partial charge >= 0.3 is 0 Å². The number of rotatable bonds is 5. The summed E-state index contributed by atoms with van der Waals surface area (Å²) >= 11 is 3.45. The van der Waals surface area contributed by atoms with Gasteiger partial charge in [-0.3, -0.25) is 0 Å². The zero-order valence-corrected chi connectivity index (χ0v) is 10.2. The molecule has 0 aliphatic heterocycles. The molecule has 0 fully saturated rings. The molecule has 0 bridgehead atoms. The zero-order chi connectivity index (χ0) is 11.1. The van der Waals surface area contributed by atoms with Crippen molar-refractivity contribution in [2.75, 3.05) is 19.0 Å². The highest BCUT2D eigenvalue weighted by atomic mass is 79.9. The third-order valence-corrected chi connectivity index (χ3v) is 2.65. The van der Waals surface area contributed by atoms with E-state index >= 15 is 0 Å². The molecule has 0 aliphatic rings. The van der Waals surface area contributed by atoms with Gasteiger partial charge in [0.25, 0.3) is 0 Å². The molecule has 0 saturated carbocycles. The Morgan fingerprint density at radius 1 is 1.53 bits per heavy atom. The van der Waals surface area contributed by atoms with Crippen LogP contribution in [0.2, 0.25) is 0 Å². The number of benzene rings is 1. The third-order valence-electron chi connectivity index (χ3n) is 1.95. The van der Waals surface area contributed by atoms with Crippen molar-refractivity contribution in [2.45, 2.75) is 12.8 Å². The molecule has 0 unspecified atom stereocenters. The fraction of sp³-hybridized carbons (Fsp3) is 0.364. The van der Waals surface area contributed by atoms with Crippen molar-refractivity contribution >= 4 is 21.6 Å². The quantitative estimate of drug-likeness (QED) is 0.835. The van der Waals surface area contributed by atoms with Crippen LogP contribution in [0.25, 0.3) is 0 Å². The van der Waals surface area contributed by atoms with Crippen LogP contribution in [-0.4, -0.2) is 13.7 Å². The van der Waals surface area contributed by atoms with Crippen molar-refractivity contribution in [3.05, 3.63) is 22.7 Å². The third kappa shape index (κ3) is 3.80. The second-order valence-corrected chi connectivity index (χ2v) is 3.89. The first-order valence-electron chi connectivity index (χ1n) is 4.72. The lowest BCUT2D eigenvalue weighted by Gasteiger charge is -2.09. The second kappa shape index (κ2) is 6.31. The van der Waals surface area contributed by atoms with Gasteiger partial charge in [-0.15, -0.1) is 0 Å². The average Bonchev–Trinajstić information content (AvgIpc) is 2.26. The Balaban J connectivity index is 2.56. The van der Waals surface area contributed by atoms with Crippen LogP contribution >= 0.6 is 15.9 Å². The van der Waals surface area contributed by atoms with E-state index in [0.717, 1.165) is 28.9 Å². The number of nitrogens with one attached hydrogen (secondary N) is 1. The molecule has 1 N–H and O–H groups in total. The van der Waals surface area contributed by atoms with Gasteiger partial charge in [-0.25, -0.2) is 0 Å². The number of ether oxygens (including phenoxy) is 1. The second-order valence-electron chi connectivity index (χ2n) is 3.03. The number of nitriles is 1. The van der Waals surface area contributed by atoms with E-state index in [4.69, 9.17) is 10.00 Å². The summed E-state index contributed by atoms with van der Waals surface area (Å²) in [4.78, 5) is 0. The summed E-state index contributed by atoms with van der Waals surface area (Å²) in [6.45, 7) is 0.791. The Hall–Kier alpha value is -1.21. The van der Waals surface area contributed by atoms with Crippen molar-refractivity contribution in [2.24, 2.45) is 0 Å². The molecule has 4 heteroatoms. The Morgan fingerprint density at radius 3 is 3.00 bits per heavy atom. The molecule has 0 saturated heterocycles. The highest BCUT2D eigenvalue weighted by Crippen LogP contribution is 2.26. The zero-order valence-electron chi connectivity index (χ0n) is 8.59. The molecule has 0 atom stereocenters. The molecule has 1 aromatic rings. The van der Waals surface area contributed by atoms with E-state index in [2.05, 4.69) is 27.3 Å². The van der Waals surface area contributed by atoms with Crippen LogP contribution < -0.4 is 10.1 Å². The Kier molecular flexibility index (Phi) is 4.99. The maximum absolute atomic E-state index is 8.39. The molecule has 0 aliphatic carbocycles. The summed E-state index contributed by atoms with van der Waals surface area (Å²) in [6.07, 6.45) is 1.43. The lowest BCUT2D eigenvalue weighted by atomic mass is 10.3. The van der Waals surface area contributed by atoms with Crippen LogP contribution in [0.3, 0.4) is 0 Å². The van der Waals surface area contributed by atoms with Crippen molar-refractivity contribution in [3.8, 4) is 11.8 Å². The molecule has 3 nitrogen and oxygen atoms in total. The summed E-state index contributed by atoms with van der Waals surface area (Å²) in [6, 6.07) is 7.87. The summed E-state index contributed by atoms with van der Waals surface area (Å²) in [7, 11) is 1.64. The first-order chi connectivity index (χ1) is 7.27. The van der Waals surface area contributed by atoms with E-state index in [1.165, 1.54) is 0 Å². The predicted octanol–water partition coefficient (Wildman–Crippen LogP) is 3.17. The first-order valence-corrected chi connectivity index (χ1v) is 5.51. The maximum atomic E-state index is 8.39. The number of nitrogens with zero attached hydrogens (tertiary/aromatic N) is 1. The lowest BCUT2D eigenvalue weighted by molar-refractivity contribution is 0.415. The van der Waals surface area contributed by atoms with Gasteiger partial charge in [-0.2, -0.15) is 5.26 Å². The Labute approximate surface area is 98.2 Å². The van der Waals surface area contributed by atoms with Crippen LogP contribution in [0.15, 0.2) is 22.7 Å². The minimum absolute atomic E-state index is 0.578. The van der Waals surface area contributed by atoms with Crippen LogP contribution in [0.4, 0.5) is 5.69 Å². The van der Waals surface area contributed by atoms with E-state index < -0.39 is 0 Å². The predicted molar refractivity (Wildman–Crippen MR) is 64.0 cm³/mol. The number of methoxy groups -OCH3 is 1. The minimum Gasteiger partial charge on any atom is -0.497 e. The van der Waals surface area contributed by atoms with Crippen LogP contribution in [0.5, 0.6) is 5.75 Å². The SMILES string of the molecule is COc1ccc(Br)c(NCCCC#N)c1. The molecule has 0 spiro atoms. The fourth-order valence-corrected chi connectivity index (χ4v) is 1.54. The number of hydrogen-bond donors (Lipinski definition) is 1. The number of hydrogen-bond acceptors (Lipinski definition) is 3. The number of anilines is 1. The van der Waals surface area contributed by atoms with Crippen molar-refractivity contribution < 1.29 is 4.74 Å². The number of halogens is 1. The number of unbranched alkanes of at least 4 members (excludes halogenated alkanes) is 1. The largest absolute Gasteiger partial charge is 0.497 e. The van der Waals surface area contributed by atoms with E-state index in [9.17, 15) is 0 Å². The van der Waals surface area contributed by atoms with Crippen LogP contribution in [0.1, 0.15) is 12.8 Å². The summed E-state index contributed by atoms with van der Waals surface area (Å²) in [5.41, 5.74) is 0.993. The molecule has 1 aromatic carbocycles. The van der Waals surface area contributed by atoms with Crippen molar-refractivity contribution in [1.29, 1.82) is 5.26 Å². The molecule has 0 radical (unpaired) electrons. The van der Waals surface area contributed by atoms with Gasteiger partial charge < -0.3 is 10.1 Å². The van der Waals surface area contributed by atoms with Gasteiger partial charge in [0.05, 0.1) is 18.9 Å². The molecule has 1 rings (SSSR count). The summed E-state index contributed by atoms with van der Waals surface area (Å²) in [5, 5.41) is 11.6. The molecule has 0 amide bonds. The normalized spacial score (nSPS) is 9.40. The molecular weight excluding hydrogens is 256 g/mol. The summed E-state index contributed by atoms with van der Waals surface area (Å²) in [5.74, 6) is 0.820. The van der Waals surface area contributed by atoms with E-state index in [1.807, 2.05) is 18.2 Å². The molecular formula is C11H13BrN2O. The summed E-state index contributed by atoms with van der Waals surface area (Å²) < 4.78 is 6.12. The van der Waals surface area contributed by atoms with Gasteiger partial charge in [0.1, 0.15) is 5.75 Å². The monoisotopic (exact) mass is 268 g/mol. The van der Waals surface area contributed by atoms with Crippen molar-refractivity contribution in [1.82, 2.24) is 0 Å². The average molecular weight is 269 g/mol. The molecule has 0 aromatic heterocycles. The molecule has 0 heterocycles. The lowest BCUT2D eigenvalue weighted by Crippen LogP contribution is -2.01. The van der Waals surface area contributed by atoms with E-state index in [-0.39, 0.29) is 0 Å². The van der Waals surface area contributed by atoms with Crippen LogP contribution in [-0.2, 0) is 0 Å².